The van der Waals surface area contributed by atoms with E-state index >= 15 is 0 Å². The van der Waals surface area contributed by atoms with Gasteiger partial charge < -0.3 is 14.6 Å². The third kappa shape index (κ3) is 4.24. The number of thiophene rings is 1. The van der Waals surface area contributed by atoms with Crippen molar-refractivity contribution in [2.45, 2.75) is 33.4 Å². The minimum Gasteiger partial charge on any atom is -0.481 e. The largest absolute Gasteiger partial charge is 0.481 e. The molecule has 0 bridgehead atoms. The molecule has 1 unspecified atom stereocenters. The Morgan fingerprint density at radius 2 is 2.20 bits per heavy atom. The average molecular weight is 357 g/mol. The van der Waals surface area contributed by atoms with Crippen molar-refractivity contribution in [1.82, 2.24) is 15.5 Å². The monoisotopic (exact) mass is 357 g/mol. The number of rotatable bonds is 6. The van der Waals surface area contributed by atoms with Gasteiger partial charge in [-0.05, 0) is 43.8 Å². The standard InChI is InChI=1S/C18H19N3O3S/c1-11-6-7-14(12(2)9-11)23-13(3)18(22)19-10-16-20-17(21-24-16)15-5-4-8-25-15/h4-9,13H,10H2,1-3H3,(H,19,22). The highest BCUT2D eigenvalue weighted by atomic mass is 32.1. The van der Waals surface area contributed by atoms with Crippen LogP contribution in [-0.2, 0) is 11.3 Å². The van der Waals surface area contributed by atoms with E-state index in [1.807, 2.05) is 49.6 Å². The summed E-state index contributed by atoms with van der Waals surface area (Å²) in [5.41, 5.74) is 2.15. The molecule has 1 N–H and O–H groups in total. The molecule has 2 aromatic heterocycles. The molecule has 7 heteroatoms. The van der Waals surface area contributed by atoms with E-state index < -0.39 is 6.10 Å². The van der Waals surface area contributed by atoms with Gasteiger partial charge in [0.15, 0.2) is 6.10 Å². The van der Waals surface area contributed by atoms with E-state index in [2.05, 4.69) is 15.5 Å². The number of aromatic nitrogens is 2. The zero-order valence-corrected chi connectivity index (χ0v) is 15.1. The molecule has 6 nitrogen and oxygen atoms in total. The lowest BCUT2D eigenvalue weighted by molar-refractivity contribution is -0.127. The summed E-state index contributed by atoms with van der Waals surface area (Å²) < 4.78 is 10.9. The normalized spacial score (nSPS) is 12.0. The lowest BCUT2D eigenvalue weighted by atomic mass is 10.1. The predicted molar refractivity (Wildman–Crippen MR) is 95.5 cm³/mol. The molecule has 1 aromatic carbocycles. The lowest BCUT2D eigenvalue weighted by Gasteiger charge is -2.16. The van der Waals surface area contributed by atoms with Crippen molar-refractivity contribution >= 4 is 17.2 Å². The second kappa shape index (κ2) is 7.48. The first-order valence-electron chi connectivity index (χ1n) is 7.91. The van der Waals surface area contributed by atoms with Crippen LogP contribution in [0, 0.1) is 13.8 Å². The molecule has 1 amide bonds. The van der Waals surface area contributed by atoms with Gasteiger partial charge in [0.05, 0.1) is 11.4 Å². The van der Waals surface area contributed by atoms with Crippen LogP contribution in [0.1, 0.15) is 23.9 Å². The minimum atomic E-state index is -0.624. The Morgan fingerprint density at radius 3 is 2.92 bits per heavy atom. The van der Waals surface area contributed by atoms with Gasteiger partial charge in [-0.1, -0.05) is 28.9 Å². The molecular formula is C18H19N3O3S. The zero-order chi connectivity index (χ0) is 17.8. The Bertz CT molecular complexity index is 858. The van der Waals surface area contributed by atoms with Gasteiger partial charge in [-0.2, -0.15) is 4.98 Å². The average Bonchev–Trinajstić information content (AvgIpc) is 3.26. The van der Waals surface area contributed by atoms with E-state index in [1.54, 1.807) is 6.92 Å². The molecule has 0 aliphatic heterocycles. The summed E-state index contributed by atoms with van der Waals surface area (Å²) in [5, 5.41) is 8.61. The van der Waals surface area contributed by atoms with Crippen LogP contribution in [0.4, 0.5) is 0 Å². The summed E-state index contributed by atoms with van der Waals surface area (Å²) in [6.45, 7) is 5.84. The topological polar surface area (TPSA) is 77.2 Å². The Hall–Kier alpha value is -2.67. The fourth-order valence-electron chi connectivity index (χ4n) is 2.31. The molecule has 2 heterocycles. The third-order valence-corrected chi connectivity index (χ3v) is 4.49. The van der Waals surface area contributed by atoms with E-state index in [9.17, 15) is 4.79 Å². The number of nitrogens with zero attached hydrogens (tertiary/aromatic N) is 2. The molecule has 0 radical (unpaired) electrons. The SMILES string of the molecule is Cc1ccc(OC(C)C(=O)NCc2nc(-c3cccs3)no2)c(C)c1. The van der Waals surface area contributed by atoms with Crippen molar-refractivity contribution < 1.29 is 14.1 Å². The number of hydrogen-bond donors (Lipinski definition) is 1. The molecule has 130 valence electrons. The highest BCUT2D eigenvalue weighted by molar-refractivity contribution is 7.13. The van der Waals surface area contributed by atoms with Crippen molar-refractivity contribution in [3.05, 3.63) is 52.7 Å². The summed E-state index contributed by atoms with van der Waals surface area (Å²) in [5.74, 6) is 1.34. The molecule has 0 aliphatic carbocycles. The summed E-state index contributed by atoms with van der Waals surface area (Å²) in [4.78, 5) is 17.4. The number of hydrogen-bond acceptors (Lipinski definition) is 6. The fraction of sp³-hybridized carbons (Fsp3) is 0.278. The van der Waals surface area contributed by atoms with Gasteiger partial charge in [-0.25, -0.2) is 0 Å². The highest BCUT2D eigenvalue weighted by Gasteiger charge is 2.17. The lowest BCUT2D eigenvalue weighted by Crippen LogP contribution is -2.36. The molecule has 0 aliphatic rings. The van der Waals surface area contributed by atoms with Crippen LogP contribution in [0.5, 0.6) is 5.75 Å². The Labute approximate surface area is 149 Å². The van der Waals surface area contributed by atoms with Gasteiger partial charge in [0.25, 0.3) is 5.91 Å². The molecule has 0 fully saturated rings. The maximum absolute atomic E-state index is 12.2. The number of ether oxygens (including phenoxy) is 1. The summed E-state index contributed by atoms with van der Waals surface area (Å²) >= 11 is 1.53. The molecular weight excluding hydrogens is 338 g/mol. The van der Waals surface area contributed by atoms with Gasteiger partial charge in [0, 0.05) is 0 Å². The maximum Gasteiger partial charge on any atom is 0.261 e. The number of benzene rings is 1. The van der Waals surface area contributed by atoms with Crippen LogP contribution in [-0.4, -0.2) is 22.2 Å². The van der Waals surface area contributed by atoms with Crippen LogP contribution < -0.4 is 10.1 Å². The van der Waals surface area contributed by atoms with E-state index in [0.717, 1.165) is 16.0 Å². The third-order valence-electron chi connectivity index (χ3n) is 3.63. The van der Waals surface area contributed by atoms with Gasteiger partial charge in [0.2, 0.25) is 11.7 Å². The molecule has 3 aromatic rings. The smallest absolute Gasteiger partial charge is 0.261 e. The number of amides is 1. The minimum absolute atomic E-state index is 0.164. The highest BCUT2D eigenvalue weighted by Crippen LogP contribution is 2.21. The maximum atomic E-state index is 12.2. The van der Waals surface area contributed by atoms with Crippen LogP contribution in [0.3, 0.4) is 0 Å². The van der Waals surface area contributed by atoms with E-state index in [-0.39, 0.29) is 12.5 Å². The van der Waals surface area contributed by atoms with Gasteiger partial charge in [0.1, 0.15) is 5.75 Å². The summed E-state index contributed by atoms with van der Waals surface area (Å²) in [7, 11) is 0. The van der Waals surface area contributed by atoms with E-state index in [4.69, 9.17) is 9.26 Å². The van der Waals surface area contributed by atoms with Crippen LogP contribution in [0.15, 0.2) is 40.2 Å². The van der Waals surface area contributed by atoms with Crippen molar-refractivity contribution in [3.63, 3.8) is 0 Å². The van der Waals surface area contributed by atoms with Gasteiger partial charge >= 0.3 is 0 Å². The number of carbonyl (C=O) groups excluding carboxylic acids is 1. The molecule has 0 saturated carbocycles. The van der Waals surface area contributed by atoms with Crippen molar-refractivity contribution in [3.8, 4) is 16.5 Å². The summed E-state index contributed by atoms with van der Waals surface area (Å²) in [6.07, 6.45) is -0.624. The first-order valence-corrected chi connectivity index (χ1v) is 8.79. The quantitative estimate of drug-likeness (QED) is 0.730. The first-order chi connectivity index (χ1) is 12.0. The van der Waals surface area contributed by atoms with Crippen molar-refractivity contribution in [2.24, 2.45) is 0 Å². The molecule has 1 atom stereocenters. The van der Waals surface area contributed by atoms with Gasteiger partial charge in [-0.15, -0.1) is 11.3 Å². The van der Waals surface area contributed by atoms with E-state index in [0.29, 0.717) is 17.5 Å². The van der Waals surface area contributed by atoms with Crippen molar-refractivity contribution in [1.29, 1.82) is 0 Å². The molecule has 25 heavy (non-hydrogen) atoms. The molecule has 0 saturated heterocycles. The Balaban J connectivity index is 1.55. The summed E-state index contributed by atoms with van der Waals surface area (Å²) in [6, 6.07) is 9.68. The second-order valence-electron chi connectivity index (χ2n) is 5.74. The zero-order valence-electron chi connectivity index (χ0n) is 14.3. The van der Waals surface area contributed by atoms with Crippen molar-refractivity contribution in [2.75, 3.05) is 0 Å². The Kier molecular flexibility index (Phi) is 5.14. The van der Waals surface area contributed by atoms with Gasteiger partial charge in [-0.3, -0.25) is 4.79 Å². The van der Waals surface area contributed by atoms with Crippen LogP contribution in [0.2, 0.25) is 0 Å². The van der Waals surface area contributed by atoms with E-state index in [1.165, 1.54) is 11.3 Å². The predicted octanol–water partition coefficient (Wildman–Crippen LogP) is 3.50. The number of carbonyl (C=O) groups is 1. The molecule has 0 spiro atoms. The fourth-order valence-corrected chi connectivity index (χ4v) is 2.96. The first kappa shape index (κ1) is 17.2. The Morgan fingerprint density at radius 1 is 1.36 bits per heavy atom. The number of aryl methyl sites for hydroxylation is 2. The van der Waals surface area contributed by atoms with Crippen LogP contribution >= 0.6 is 11.3 Å². The molecule has 3 rings (SSSR count). The number of nitrogens with one attached hydrogen (secondary N) is 1. The van der Waals surface area contributed by atoms with Crippen LogP contribution in [0.25, 0.3) is 10.7 Å². The second-order valence-corrected chi connectivity index (χ2v) is 6.68.